The first-order valence-corrected chi connectivity index (χ1v) is 23.9. The van der Waals surface area contributed by atoms with Crippen molar-refractivity contribution >= 4 is 40.9 Å². The summed E-state index contributed by atoms with van der Waals surface area (Å²) in [5.41, 5.74) is 3.83. The van der Waals surface area contributed by atoms with E-state index in [0.29, 0.717) is 50.8 Å². The maximum absolute atomic E-state index is 14.2. The average Bonchev–Trinajstić information content (AvgIpc) is 3.28. The Hall–Kier alpha value is -4.51. The van der Waals surface area contributed by atoms with E-state index in [-0.39, 0.29) is 66.4 Å². The topological polar surface area (TPSA) is 147 Å². The predicted molar refractivity (Wildman–Crippen MR) is 244 cm³/mol. The molecule has 11 nitrogen and oxygen atoms in total. The number of carbonyl (C=O) groups is 7. The van der Waals surface area contributed by atoms with E-state index in [9.17, 15) is 33.6 Å². The van der Waals surface area contributed by atoms with Crippen molar-refractivity contribution in [2.75, 3.05) is 32.8 Å². The van der Waals surface area contributed by atoms with Gasteiger partial charge in [0.05, 0.1) is 6.04 Å². The van der Waals surface area contributed by atoms with E-state index in [1.807, 2.05) is 31.2 Å². The van der Waals surface area contributed by atoms with E-state index in [2.05, 4.69) is 42.3 Å². The summed E-state index contributed by atoms with van der Waals surface area (Å²) in [5.74, 6) is -1.28. The summed E-state index contributed by atoms with van der Waals surface area (Å²) >= 11 is 0. The molecule has 3 saturated heterocycles. The van der Waals surface area contributed by atoms with Crippen molar-refractivity contribution in [3.8, 4) is 5.75 Å². The number of aryl methyl sites for hydroxylation is 3. The molecule has 2 unspecified atom stereocenters. The molecule has 0 bridgehead atoms. The van der Waals surface area contributed by atoms with E-state index in [4.69, 9.17) is 4.74 Å². The van der Waals surface area contributed by atoms with Gasteiger partial charge in [-0.2, -0.15) is 0 Å². The molecule has 3 atom stereocenters. The quantitative estimate of drug-likeness (QED) is 0.0625. The zero-order valence-corrected chi connectivity index (χ0v) is 38.8. The van der Waals surface area contributed by atoms with Gasteiger partial charge in [0.1, 0.15) is 18.1 Å². The largest absolute Gasteiger partial charge is 0.486 e. The Morgan fingerprint density at radius 1 is 0.841 bits per heavy atom. The molecule has 2 aromatic rings. The lowest BCUT2D eigenvalue weighted by atomic mass is 9.82. The molecule has 0 spiro atoms. The molecule has 11 heteroatoms. The lowest BCUT2D eigenvalue weighted by Gasteiger charge is -2.36. The highest BCUT2D eigenvalue weighted by atomic mass is 16.5. The number of Topliss-reactive ketones (excluding diaryl/α,β-unsaturated/α-hetero) is 4. The van der Waals surface area contributed by atoms with Crippen LogP contribution in [0.2, 0.25) is 0 Å². The second-order valence-electron chi connectivity index (χ2n) is 19.3. The second-order valence-corrected chi connectivity index (χ2v) is 19.3. The van der Waals surface area contributed by atoms with Gasteiger partial charge in [-0.1, -0.05) is 70.4 Å². The van der Waals surface area contributed by atoms with Gasteiger partial charge in [0.2, 0.25) is 17.6 Å². The van der Waals surface area contributed by atoms with Gasteiger partial charge >= 0.3 is 0 Å². The zero-order valence-electron chi connectivity index (χ0n) is 38.8. The molecule has 3 aliphatic rings. The molecule has 3 fully saturated rings. The van der Waals surface area contributed by atoms with Crippen molar-refractivity contribution < 1.29 is 38.3 Å². The van der Waals surface area contributed by atoms with Crippen molar-refractivity contribution in [2.45, 2.75) is 162 Å². The fraction of sp³-hybridized carbons (Fsp3) is 0.635. The molecule has 3 amide bonds. The van der Waals surface area contributed by atoms with Gasteiger partial charge in [0.15, 0.2) is 11.6 Å². The fourth-order valence-electron chi connectivity index (χ4n) is 9.26. The van der Waals surface area contributed by atoms with Crippen LogP contribution in [0.25, 0.3) is 0 Å². The fourth-order valence-corrected chi connectivity index (χ4v) is 9.26. The van der Waals surface area contributed by atoms with Crippen LogP contribution in [-0.2, 0) is 40.0 Å². The van der Waals surface area contributed by atoms with Gasteiger partial charge in [-0.05, 0) is 144 Å². The standard InChI is InChI=1S/C52H73N3O8/c1-6-52(4,5)49(60)51(62)55-28-13-11-18-45(55)47(58)33-41(22-21-38-20-19-36(2)37(3)31-38)40-15-14-17-44(32-40)63-35-43(56)16-10-8-7-9-12-27-54-29-25-39(26-30-54)46(57)34-42-23-24-48(59)53-50(42)61/h14-15,17,19-20,31-32,39,41-42,45H,6-13,16,18,21-30,33-35H2,1-5H3,(H,53,59,61)/t41-,42?,45?/m0/s1. The number of amides is 3. The van der Waals surface area contributed by atoms with E-state index in [0.717, 1.165) is 89.4 Å². The molecule has 2 aromatic carbocycles. The molecule has 5 rings (SSSR count). The predicted octanol–water partition coefficient (Wildman–Crippen LogP) is 8.38. The summed E-state index contributed by atoms with van der Waals surface area (Å²) in [7, 11) is 0. The van der Waals surface area contributed by atoms with Crippen LogP contribution in [0.4, 0.5) is 0 Å². The van der Waals surface area contributed by atoms with Gasteiger partial charge in [-0.3, -0.25) is 38.9 Å². The van der Waals surface area contributed by atoms with Crippen LogP contribution in [0.5, 0.6) is 5.75 Å². The van der Waals surface area contributed by atoms with Gasteiger partial charge in [0, 0.05) is 49.5 Å². The molecular formula is C52H73N3O8. The average molecular weight is 868 g/mol. The molecule has 63 heavy (non-hydrogen) atoms. The van der Waals surface area contributed by atoms with Crippen LogP contribution in [0.1, 0.15) is 158 Å². The number of nitrogens with zero attached hydrogens (tertiary/aromatic N) is 2. The summed E-state index contributed by atoms with van der Waals surface area (Å²) in [6, 6.07) is 13.6. The lowest BCUT2D eigenvalue weighted by molar-refractivity contribution is -0.153. The van der Waals surface area contributed by atoms with Crippen molar-refractivity contribution in [1.29, 1.82) is 0 Å². The summed E-state index contributed by atoms with van der Waals surface area (Å²) in [6.07, 6.45) is 12.5. The number of carbonyl (C=O) groups excluding carboxylic acids is 7. The molecule has 1 N–H and O–H groups in total. The van der Waals surface area contributed by atoms with Crippen molar-refractivity contribution in [3.05, 3.63) is 64.7 Å². The first kappa shape index (κ1) is 49.5. The number of ketones is 4. The maximum Gasteiger partial charge on any atom is 0.291 e. The highest BCUT2D eigenvalue weighted by Crippen LogP contribution is 2.33. The normalized spacial score (nSPS) is 19.3. The highest BCUT2D eigenvalue weighted by Gasteiger charge is 2.40. The number of hydrogen-bond donors (Lipinski definition) is 1. The Labute approximate surface area is 375 Å². The molecule has 3 aliphatic heterocycles. The summed E-state index contributed by atoms with van der Waals surface area (Å²) < 4.78 is 6.04. The van der Waals surface area contributed by atoms with Crippen LogP contribution < -0.4 is 10.1 Å². The van der Waals surface area contributed by atoms with Crippen LogP contribution >= 0.6 is 0 Å². The minimum Gasteiger partial charge on any atom is -0.486 e. The van der Waals surface area contributed by atoms with Crippen molar-refractivity contribution in [3.63, 3.8) is 0 Å². The Morgan fingerprint density at radius 2 is 1.59 bits per heavy atom. The molecule has 0 aromatic heterocycles. The molecule has 0 saturated carbocycles. The van der Waals surface area contributed by atoms with E-state index in [1.54, 1.807) is 18.7 Å². The molecular weight excluding hydrogens is 795 g/mol. The molecule has 344 valence electrons. The molecule has 0 radical (unpaired) electrons. The number of benzene rings is 2. The van der Waals surface area contributed by atoms with Gasteiger partial charge in [-0.15, -0.1) is 0 Å². The monoisotopic (exact) mass is 868 g/mol. The van der Waals surface area contributed by atoms with Crippen LogP contribution in [0.3, 0.4) is 0 Å². The Kier molecular flexibility index (Phi) is 18.8. The first-order valence-electron chi connectivity index (χ1n) is 23.9. The van der Waals surface area contributed by atoms with Crippen molar-refractivity contribution in [2.24, 2.45) is 17.3 Å². The van der Waals surface area contributed by atoms with Crippen molar-refractivity contribution in [1.82, 2.24) is 15.1 Å². The number of piperidine rings is 3. The minimum absolute atomic E-state index is 0.00145. The number of unbranched alkanes of at least 4 members (excludes halogenated alkanes) is 4. The summed E-state index contributed by atoms with van der Waals surface area (Å²) in [6.45, 7) is 12.9. The van der Waals surface area contributed by atoms with Gasteiger partial charge in [0.25, 0.3) is 5.91 Å². The number of rotatable bonds is 24. The third-order valence-corrected chi connectivity index (χ3v) is 14.1. The second kappa shape index (κ2) is 24.0. The molecule has 3 heterocycles. The highest BCUT2D eigenvalue weighted by molar-refractivity contribution is 6.38. The number of likely N-dealkylation sites (tertiary alicyclic amines) is 2. The van der Waals surface area contributed by atoms with Crippen LogP contribution in [0, 0.1) is 31.1 Å². The number of imide groups is 1. The SMILES string of the molecule is CCC(C)(C)C(=O)C(=O)N1CCCCC1C(=O)C[C@H](CCc1ccc(C)c(C)c1)c1cccc(OCC(=O)CCCCCCCN2CCC(C(=O)CC3CCC(=O)NC3=O)CC2)c1. The third-order valence-electron chi connectivity index (χ3n) is 14.1. The minimum atomic E-state index is -0.782. The number of ether oxygens (including phenoxy) is 1. The summed E-state index contributed by atoms with van der Waals surface area (Å²) in [5, 5.41) is 2.35. The van der Waals surface area contributed by atoms with Crippen LogP contribution in [-0.4, -0.2) is 89.5 Å². The number of nitrogens with one attached hydrogen (secondary N) is 1. The van der Waals surface area contributed by atoms with E-state index < -0.39 is 23.1 Å². The summed E-state index contributed by atoms with van der Waals surface area (Å²) in [4.78, 5) is 94.2. The molecule has 0 aliphatic carbocycles. The Balaban J connectivity index is 1.05. The van der Waals surface area contributed by atoms with E-state index >= 15 is 0 Å². The maximum atomic E-state index is 14.2. The lowest BCUT2D eigenvalue weighted by Crippen LogP contribution is -2.52. The third kappa shape index (κ3) is 14.8. The van der Waals surface area contributed by atoms with Gasteiger partial charge < -0.3 is 14.5 Å². The smallest absolute Gasteiger partial charge is 0.291 e. The van der Waals surface area contributed by atoms with E-state index in [1.165, 1.54) is 16.7 Å². The van der Waals surface area contributed by atoms with Gasteiger partial charge in [-0.25, -0.2) is 0 Å². The number of hydrogen-bond acceptors (Lipinski definition) is 9. The Bertz CT molecular complexity index is 1930. The first-order chi connectivity index (χ1) is 30.1. The zero-order chi connectivity index (χ0) is 45.5. The van der Waals surface area contributed by atoms with Crippen LogP contribution in [0.15, 0.2) is 42.5 Å². The Morgan fingerprint density at radius 3 is 2.32 bits per heavy atom.